The molecule has 1 aromatic carbocycles. The van der Waals surface area contributed by atoms with E-state index in [1.54, 1.807) is 6.07 Å². The largest absolute Gasteiger partial charge is 0.313 e. The molecule has 0 fully saturated rings. The van der Waals surface area contributed by atoms with Crippen molar-refractivity contribution in [2.75, 3.05) is 6.54 Å². The van der Waals surface area contributed by atoms with Gasteiger partial charge >= 0.3 is 0 Å². The first-order valence-electron chi connectivity index (χ1n) is 5.96. The summed E-state index contributed by atoms with van der Waals surface area (Å²) in [5.41, 5.74) is 1.00. The quantitative estimate of drug-likeness (QED) is 0.748. The van der Waals surface area contributed by atoms with Gasteiger partial charge in [0, 0.05) is 6.04 Å². The molecule has 0 aliphatic carbocycles. The lowest BCUT2D eigenvalue weighted by atomic mass is 10.0. The lowest BCUT2D eigenvalue weighted by Gasteiger charge is -2.17. The van der Waals surface area contributed by atoms with Crippen molar-refractivity contribution in [1.29, 1.82) is 0 Å². The zero-order valence-electron chi connectivity index (χ0n) is 10.2. The third kappa shape index (κ3) is 4.60. The maximum atomic E-state index is 13.4. The number of benzene rings is 1. The topological polar surface area (TPSA) is 12.0 Å². The Kier molecular flexibility index (Phi) is 6.45. The summed E-state index contributed by atoms with van der Waals surface area (Å²) in [4.78, 5) is 0. The fourth-order valence-electron chi connectivity index (χ4n) is 1.76. The maximum Gasteiger partial charge on any atom is 0.137 e. The summed E-state index contributed by atoms with van der Waals surface area (Å²) in [6.07, 6.45) is 4.70. The van der Waals surface area contributed by atoms with Gasteiger partial charge < -0.3 is 5.32 Å². The molecule has 1 N–H and O–H groups in total. The summed E-state index contributed by atoms with van der Waals surface area (Å²) >= 11 is 3.30. The van der Waals surface area contributed by atoms with Crippen LogP contribution in [0.3, 0.4) is 0 Å². The van der Waals surface area contributed by atoms with Gasteiger partial charge in [0.05, 0.1) is 4.47 Å². The summed E-state index contributed by atoms with van der Waals surface area (Å²) < 4.78 is 14.0. The molecule has 1 rings (SSSR count). The molecule has 1 nitrogen and oxygen atoms in total. The first kappa shape index (κ1) is 14.4. The van der Waals surface area contributed by atoms with E-state index in [-0.39, 0.29) is 5.82 Å². The van der Waals surface area contributed by atoms with Gasteiger partial charge in [0.1, 0.15) is 5.82 Å². The van der Waals surface area contributed by atoms with Crippen LogP contribution in [0.1, 0.15) is 25.3 Å². The number of nitrogens with one attached hydrogen (secondary N) is 1. The molecular formula is C14H19BrFN. The Morgan fingerprint density at radius 1 is 1.53 bits per heavy atom. The molecule has 1 atom stereocenters. The van der Waals surface area contributed by atoms with Gasteiger partial charge in [0.25, 0.3) is 0 Å². The standard InChI is InChI=1S/C14H19BrFN/c1-3-6-12(17-9-4-2)10-11-7-5-8-13(16)14(11)15/h3,5,7-8,12,17H,1,4,6,9-10H2,2H3. The second-order valence-electron chi connectivity index (χ2n) is 4.09. The Hall–Kier alpha value is -0.670. The van der Waals surface area contributed by atoms with E-state index in [9.17, 15) is 4.39 Å². The predicted octanol–water partition coefficient (Wildman–Crippen LogP) is 4.08. The molecule has 0 amide bonds. The monoisotopic (exact) mass is 299 g/mol. The Morgan fingerprint density at radius 2 is 2.29 bits per heavy atom. The van der Waals surface area contributed by atoms with Gasteiger partial charge in [-0.15, -0.1) is 6.58 Å². The molecule has 0 saturated carbocycles. The zero-order chi connectivity index (χ0) is 12.7. The van der Waals surface area contributed by atoms with E-state index in [2.05, 4.69) is 34.7 Å². The van der Waals surface area contributed by atoms with Crippen molar-refractivity contribution in [1.82, 2.24) is 5.32 Å². The molecule has 0 heterocycles. The summed E-state index contributed by atoms with van der Waals surface area (Å²) in [6, 6.07) is 5.50. The van der Waals surface area contributed by atoms with Crippen LogP contribution in [-0.2, 0) is 6.42 Å². The Morgan fingerprint density at radius 3 is 2.94 bits per heavy atom. The van der Waals surface area contributed by atoms with Crippen molar-refractivity contribution in [3.63, 3.8) is 0 Å². The zero-order valence-corrected chi connectivity index (χ0v) is 11.8. The smallest absolute Gasteiger partial charge is 0.137 e. The number of hydrogen-bond acceptors (Lipinski definition) is 1. The van der Waals surface area contributed by atoms with Gasteiger partial charge in [0.15, 0.2) is 0 Å². The highest BCUT2D eigenvalue weighted by Gasteiger charge is 2.11. The summed E-state index contributed by atoms with van der Waals surface area (Å²) in [7, 11) is 0. The SMILES string of the molecule is C=CCC(Cc1cccc(F)c1Br)NCCC. The van der Waals surface area contributed by atoms with Crippen LogP contribution in [0.15, 0.2) is 35.3 Å². The van der Waals surface area contributed by atoms with Crippen LogP contribution in [-0.4, -0.2) is 12.6 Å². The van der Waals surface area contributed by atoms with Gasteiger partial charge in [-0.3, -0.25) is 0 Å². The van der Waals surface area contributed by atoms with Gasteiger partial charge in [-0.2, -0.15) is 0 Å². The van der Waals surface area contributed by atoms with Crippen LogP contribution in [0.4, 0.5) is 4.39 Å². The molecule has 0 bridgehead atoms. The van der Waals surface area contributed by atoms with Crippen molar-refractivity contribution in [3.05, 3.63) is 46.7 Å². The van der Waals surface area contributed by atoms with E-state index >= 15 is 0 Å². The van der Waals surface area contributed by atoms with Crippen LogP contribution >= 0.6 is 15.9 Å². The maximum absolute atomic E-state index is 13.4. The fraction of sp³-hybridized carbons (Fsp3) is 0.429. The summed E-state index contributed by atoms with van der Waals surface area (Å²) in [6.45, 7) is 6.88. The first-order chi connectivity index (χ1) is 8.19. The molecule has 1 aromatic rings. The third-order valence-corrected chi connectivity index (χ3v) is 3.52. The number of halogens is 2. The molecule has 94 valence electrons. The fourth-order valence-corrected chi connectivity index (χ4v) is 2.19. The van der Waals surface area contributed by atoms with E-state index in [4.69, 9.17) is 0 Å². The average Bonchev–Trinajstić information content (AvgIpc) is 2.32. The highest BCUT2D eigenvalue weighted by molar-refractivity contribution is 9.10. The minimum Gasteiger partial charge on any atom is -0.313 e. The summed E-state index contributed by atoms with van der Waals surface area (Å²) in [5.74, 6) is -0.199. The van der Waals surface area contributed by atoms with Gasteiger partial charge in [0.2, 0.25) is 0 Å². The number of hydrogen-bond donors (Lipinski definition) is 1. The van der Waals surface area contributed by atoms with Crippen LogP contribution in [0.2, 0.25) is 0 Å². The molecule has 0 aliphatic rings. The van der Waals surface area contributed by atoms with Gasteiger partial charge in [-0.1, -0.05) is 25.1 Å². The van der Waals surface area contributed by atoms with Crippen molar-refractivity contribution in [2.24, 2.45) is 0 Å². The minimum absolute atomic E-state index is 0.199. The number of rotatable bonds is 7. The second-order valence-corrected chi connectivity index (χ2v) is 4.89. The van der Waals surface area contributed by atoms with Crippen LogP contribution < -0.4 is 5.32 Å². The van der Waals surface area contributed by atoms with E-state index in [0.717, 1.165) is 31.4 Å². The van der Waals surface area contributed by atoms with E-state index in [0.29, 0.717) is 10.5 Å². The van der Waals surface area contributed by atoms with Crippen LogP contribution in [0.5, 0.6) is 0 Å². The van der Waals surface area contributed by atoms with Crippen molar-refractivity contribution < 1.29 is 4.39 Å². The van der Waals surface area contributed by atoms with Crippen molar-refractivity contribution in [3.8, 4) is 0 Å². The summed E-state index contributed by atoms with van der Waals surface area (Å²) in [5, 5.41) is 3.45. The molecule has 0 radical (unpaired) electrons. The third-order valence-electron chi connectivity index (χ3n) is 2.63. The van der Waals surface area contributed by atoms with E-state index in [1.807, 2.05) is 12.1 Å². The molecule has 17 heavy (non-hydrogen) atoms. The molecule has 3 heteroatoms. The van der Waals surface area contributed by atoms with Gasteiger partial charge in [-0.05, 0) is 53.4 Å². The van der Waals surface area contributed by atoms with Crippen LogP contribution in [0, 0.1) is 5.82 Å². The van der Waals surface area contributed by atoms with Crippen molar-refractivity contribution in [2.45, 2.75) is 32.2 Å². The first-order valence-corrected chi connectivity index (χ1v) is 6.75. The molecule has 0 saturated heterocycles. The molecule has 0 aliphatic heterocycles. The van der Waals surface area contributed by atoms with E-state index < -0.39 is 0 Å². The second kappa shape index (κ2) is 7.62. The lowest BCUT2D eigenvalue weighted by molar-refractivity contribution is 0.509. The van der Waals surface area contributed by atoms with Crippen molar-refractivity contribution >= 4 is 15.9 Å². The van der Waals surface area contributed by atoms with Crippen LogP contribution in [0.25, 0.3) is 0 Å². The predicted molar refractivity (Wildman–Crippen MR) is 74.7 cm³/mol. The molecule has 1 unspecified atom stereocenters. The molecule has 0 aromatic heterocycles. The highest BCUT2D eigenvalue weighted by Crippen LogP contribution is 2.22. The molecule has 0 spiro atoms. The molecular weight excluding hydrogens is 281 g/mol. The Balaban J connectivity index is 2.70. The van der Waals surface area contributed by atoms with E-state index in [1.165, 1.54) is 6.07 Å². The minimum atomic E-state index is -0.199. The lowest BCUT2D eigenvalue weighted by Crippen LogP contribution is -2.31. The average molecular weight is 300 g/mol. The Labute approximate surface area is 111 Å². The highest BCUT2D eigenvalue weighted by atomic mass is 79.9. The Bertz CT molecular complexity index is 365. The normalized spacial score (nSPS) is 12.4. The van der Waals surface area contributed by atoms with Gasteiger partial charge in [-0.25, -0.2) is 4.39 Å².